The number of quaternary nitrogens is 2. The molecular weight excluding hydrogens is 328 g/mol. The van der Waals surface area contributed by atoms with E-state index < -0.39 is 0 Å². The van der Waals surface area contributed by atoms with E-state index in [0.717, 1.165) is 44.9 Å². The number of hydrogen-bond donors (Lipinski definition) is 2. The molecule has 2 aliphatic heterocycles. The molecule has 1 aromatic heterocycles. The number of piperazine rings is 1. The van der Waals surface area contributed by atoms with Crippen LogP contribution in [-0.4, -0.2) is 66.1 Å². The topological polar surface area (TPSA) is 61.7 Å². The van der Waals surface area contributed by atoms with Crippen LogP contribution in [0.2, 0.25) is 0 Å². The Hall–Kier alpha value is -1.83. The molecule has 7 nitrogen and oxygen atoms in total. The second-order valence-electron chi connectivity index (χ2n) is 7.81. The molecule has 0 bridgehead atoms. The Morgan fingerprint density at radius 2 is 1.96 bits per heavy atom. The third-order valence-corrected chi connectivity index (χ3v) is 5.78. The quantitative estimate of drug-likeness (QED) is 0.695. The number of tetrazole rings is 1. The van der Waals surface area contributed by atoms with E-state index >= 15 is 0 Å². The van der Waals surface area contributed by atoms with Crippen molar-refractivity contribution in [2.75, 3.05) is 39.8 Å². The summed E-state index contributed by atoms with van der Waals surface area (Å²) in [4.78, 5) is 3.16. The molecule has 0 amide bonds. The van der Waals surface area contributed by atoms with Crippen molar-refractivity contribution in [2.45, 2.75) is 38.5 Å². The molecule has 2 saturated heterocycles. The number of benzene rings is 1. The number of hydrogen-bond acceptors (Lipinski definition) is 4. The molecule has 7 heteroatoms. The largest absolute Gasteiger partial charge is 0.376 e. The van der Waals surface area contributed by atoms with E-state index in [1.54, 1.807) is 9.80 Å². The monoisotopic (exact) mass is 358 g/mol. The van der Waals surface area contributed by atoms with Crippen molar-refractivity contribution in [3.63, 3.8) is 0 Å². The van der Waals surface area contributed by atoms with Crippen molar-refractivity contribution in [3.8, 4) is 0 Å². The predicted molar refractivity (Wildman–Crippen MR) is 97.1 cm³/mol. The molecule has 0 spiro atoms. The van der Waals surface area contributed by atoms with Gasteiger partial charge in [0.25, 0.3) is 0 Å². The minimum atomic E-state index is 0.181. The number of ether oxygens (including phenoxy) is 1. The van der Waals surface area contributed by atoms with Crippen molar-refractivity contribution < 1.29 is 14.5 Å². The van der Waals surface area contributed by atoms with Gasteiger partial charge in [0.15, 0.2) is 6.04 Å². The summed E-state index contributed by atoms with van der Waals surface area (Å²) in [6.07, 6.45) is 2.47. The lowest BCUT2D eigenvalue weighted by molar-refractivity contribution is -1.02. The zero-order valence-electron chi connectivity index (χ0n) is 15.8. The van der Waals surface area contributed by atoms with Gasteiger partial charge in [-0.15, -0.1) is 5.10 Å². The molecule has 2 aromatic rings. The van der Waals surface area contributed by atoms with E-state index in [1.165, 1.54) is 24.2 Å². The molecule has 0 radical (unpaired) electrons. The fourth-order valence-electron chi connectivity index (χ4n) is 4.14. The van der Waals surface area contributed by atoms with Gasteiger partial charge in [0.1, 0.15) is 26.2 Å². The zero-order chi connectivity index (χ0) is 17.9. The SMILES string of the molecule is Cc1ccc([C@@H](c2nnnn2C[C@H]2CCCO2)[NH+]2CC[NH+](C)CC2)cc1. The van der Waals surface area contributed by atoms with Crippen LogP contribution in [0.4, 0.5) is 0 Å². The van der Waals surface area contributed by atoms with E-state index in [4.69, 9.17) is 4.74 Å². The molecule has 3 heterocycles. The highest BCUT2D eigenvalue weighted by Crippen LogP contribution is 2.20. The lowest BCUT2D eigenvalue weighted by atomic mass is 10.0. The second-order valence-corrected chi connectivity index (χ2v) is 7.81. The van der Waals surface area contributed by atoms with Crippen molar-refractivity contribution in [1.82, 2.24) is 20.2 Å². The molecular formula is C19H30N6O+2. The maximum absolute atomic E-state index is 5.82. The van der Waals surface area contributed by atoms with Crippen LogP contribution < -0.4 is 9.80 Å². The number of aromatic nitrogens is 4. The molecule has 2 atom stereocenters. The van der Waals surface area contributed by atoms with Crippen LogP contribution in [0.3, 0.4) is 0 Å². The van der Waals surface area contributed by atoms with Crippen LogP contribution in [0, 0.1) is 6.92 Å². The molecule has 0 aliphatic carbocycles. The summed E-state index contributed by atoms with van der Waals surface area (Å²) >= 11 is 0. The number of likely N-dealkylation sites (N-methyl/N-ethyl adjacent to an activating group) is 1. The van der Waals surface area contributed by atoms with Gasteiger partial charge in [0.05, 0.1) is 19.7 Å². The molecule has 0 unspecified atom stereocenters. The van der Waals surface area contributed by atoms with Crippen LogP contribution in [0.1, 0.15) is 35.8 Å². The summed E-state index contributed by atoms with van der Waals surface area (Å²) in [6, 6.07) is 9.04. The van der Waals surface area contributed by atoms with Gasteiger partial charge in [0.2, 0.25) is 5.82 Å². The fourth-order valence-corrected chi connectivity index (χ4v) is 4.14. The Labute approximate surface area is 154 Å². The molecule has 1 aromatic carbocycles. The molecule has 0 saturated carbocycles. The van der Waals surface area contributed by atoms with Gasteiger partial charge in [-0.3, -0.25) is 0 Å². The van der Waals surface area contributed by atoms with Gasteiger partial charge >= 0.3 is 0 Å². The smallest absolute Gasteiger partial charge is 0.214 e. The first-order valence-electron chi connectivity index (χ1n) is 9.81. The Bertz CT molecular complexity index is 701. The minimum absolute atomic E-state index is 0.181. The first-order valence-corrected chi connectivity index (χ1v) is 9.81. The van der Waals surface area contributed by atoms with Crippen molar-refractivity contribution in [1.29, 1.82) is 0 Å². The van der Waals surface area contributed by atoms with E-state index in [1.807, 2.05) is 4.68 Å². The second kappa shape index (κ2) is 7.82. The Kier molecular flexibility index (Phi) is 5.28. The lowest BCUT2D eigenvalue weighted by Crippen LogP contribution is -3.27. The van der Waals surface area contributed by atoms with Crippen molar-refractivity contribution in [2.24, 2.45) is 0 Å². The maximum atomic E-state index is 5.82. The average molecular weight is 358 g/mol. The van der Waals surface area contributed by atoms with Gasteiger partial charge in [-0.25, -0.2) is 4.68 Å². The predicted octanol–water partition coefficient (Wildman–Crippen LogP) is -1.34. The third kappa shape index (κ3) is 3.79. The summed E-state index contributed by atoms with van der Waals surface area (Å²) in [5.74, 6) is 0.971. The summed E-state index contributed by atoms with van der Waals surface area (Å²) in [6.45, 7) is 8.38. The molecule has 26 heavy (non-hydrogen) atoms. The van der Waals surface area contributed by atoms with Gasteiger partial charge in [-0.2, -0.15) is 0 Å². The first kappa shape index (κ1) is 17.6. The highest BCUT2D eigenvalue weighted by atomic mass is 16.5. The first-order chi connectivity index (χ1) is 12.7. The number of nitrogens with zero attached hydrogens (tertiary/aromatic N) is 4. The number of nitrogens with one attached hydrogen (secondary N) is 2. The number of rotatable bonds is 5. The number of aryl methyl sites for hydroxylation is 1. The van der Waals surface area contributed by atoms with Gasteiger partial charge in [0, 0.05) is 12.2 Å². The Balaban J connectivity index is 1.64. The van der Waals surface area contributed by atoms with Crippen LogP contribution in [0.25, 0.3) is 0 Å². The van der Waals surface area contributed by atoms with Crippen LogP contribution in [0.15, 0.2) is 24.3 Å². The molecule has 140 valence electrons. The maximum Gasteiger partial charge on any atom is 0.214 e. The van der Waals surface area contributed by atoms with Gasteiger partial charge in [-0.1, -0.05) is 29.8 Å². The summed E-state index contributed by atoms with van der Waals surface area (Å²) in [5, 5.41) is 12.8. The summed E-state index contributed by atoms with van der Waals surface area (Å²) < 4.78 is 7.80. The summed E-state index contributed by atoms with van der Waals surface area (Å²) in [7, 11) is 2.28. The third-order valence-electron chi connectivity index (χ3n) is 5.78. The highest BCUT2D eigenvalue weighted by molar-refractivity contribution is 5.26. The van der Waals surface area contributed by atoms with Crippen molar-refractivity contribution >= 4 is 0 Å². The van der Waals surface area contributed by atoms with E-state index in [2.05, 4.69) is 53.8 Å². The van der Waals surface area contributed by atoms with Crippen molar-refractivity contribution in [3.05, 3.63) is 41.2 Å². The van der Waals surface area contributed by atoms with Crippen LogP contribution in [-0.2, 0) is 11.3 Å². The molecule has 4 rings (SSSR count). The van der Waals surface area contributed by atoms with Crippen LogP contribution >= 0.6 is 0 Å². The standard InChI is InChI=1S/C19H28N6O/c1-15-5-7-16(8-6-15)18(24-11-9-23(2)10-12-24)19-20-21-22-25(19)14-17-4-3-13-26-17/h5-8,17-18H,3-4,9-14H2,1-2H3/p+2/t17-,18+/m1/s1. The van der Waals surface area contributed by atoms with Crippen LogP contribution in [0.5, 0.6) is 0 Å². The van der Waals surface area contributed by atoms with E-state index in [9.17, 15) is 0 Å². The normalized spacial score (nSPS) is 27.5. The lowest BCUT2D eigenvalue weighted by Gasteiger charge is -2.33. The minimum Gasteiger partial charge on any atom is -0.376 e. The average Bonchev–Trinajstić information content (AvgIpc) is 3.32. The molecule has 2 N–H and O–H groups in total. The molecule has 2 fully saturated rings. The van der Waals surface area contributed by atoms with Gasteiger partial charge < -0.3 is 14.5 Å². The molecule has 2 aliphatic rings. The Morgan fingerprint density at radius 1 is 1.19 bits per heavy atom. The zero-order valence-corrected chi connectivity index (χ0v) is 15.8. The highest BCUT2D eigenvalue weighted by Gasteiger charge is 2.35. The van der Waals surface area contributed by atoms with E-state index in [0.29, 0.717) is 0 Å². The summed E-state index contributed by atoms with van der Waals surface area (Å²) in [5.41, 5.74) is 2.58. The van der Waals surface area contributed by atoms with E-state index in [-0.39, 0.29) is 12.1 Å². The fraction of sp³-hybridized carbons (Fsp3) is 0.632. The van der Waals surface area contributed by atoms with Gasteiger partial charge in [-0.05, 0) is 30.2 Å². The Morgan fingerprint density at radius 3 is 2.65 bits per heavy atom.